The highest BCUT2D eigenvalue weighted by Crippen LogP contribution is 2.27. The van der Waals surface area contributed by atoms with E-state index >= 15 is 0 Å². The van der Waals surface area contributed by atoms with Crippen molar-refractivity contribution in [3.63, 3.8) is 0 Å². The van der Waals surface area contributed by atoms with Crippen LogP contribution in [0.25, 0.3) is 6.08 Å². The molecule has 1 aromatic heterocycles. The lowest BCUT2D eigenvalue weighted by molar-refractivity contribution is -0.113. The SMILES string of the molecule is O=C(/C=C/c1ccccc1)N(c1ccccc1)c1nccs1. The average molecular weight is 306 g/mol. The van der Waals surface area contributed by atoms with Crippen molar-refractivity contribution in [1.29, 1.82) is 0 Å². The smallest absolute Gasteiger partial charge is 0.257 e. The third kappa shape index (κ3) is 3.30. The fourth-order valence-corrected chi connectivity index (χ4v) is 2.71. The molecule has 108 valence electrons. The molecule has 0 aliphatic heterocycles. The van der Waals surface area contributed by atoms with Crippen LogP contribution in [0.1, 0.15) is 5.56 Å². The Morgan fingerprint density at radius 1 is 1.00 bits per heavy atom. The van der Waals surface area contributed by atoms with Gasteiger partial charge in [-0.25, -0.2) is 4.98 Å². The molecule has 1 heterocycles. The number of hydrogen-bond donors (Lipinski definition) is 0. The van der Waals surface area contributed by atoms with Crippen LogP contribution in [0.15, 0.2) is 78.3 Å². The molecule has 0 fully saturated rings. The highest BCUT2D eigenvalue weighted by Gasteiger charge is 2.17. The molecular formula is C18H14N2OS. The summed E-state index contributed by atoms with van der Waals surface area (Å²) in [6.45, 7) is 0. The van der Waals surface area contributed by atoms with Crippen molar-refractivity contribution in [2.45, 2.75) is 0 Å². The van der Waals surface area contributed by atoms with Gasteiger partial charge in [-0.05, 0) is 23.8 Å². The number of carbonyl (C=O) groups is 1. The van der Waals surface area contributed by atoms with Crippen LogP contribution in [0, 0.1) is 0 Å². The zero-order valence-corrected chi connectivity index (χ0v) is 12.6. The zero-order valence-electron chi connectivity index (χ0n) is 11.8. The molecule has 4 heteroatoms. The molecule has 0 aliphatic carbocycles. The third-order valence-electron chi connectivity index (χ3n) is 3.06. The van der Waals surface area contributed by atoms with Crippen LogP contribution in [-0.2, 0) is 4.79 Å². The Bertz CT molecular complexity index is 752. The Kier molecular flexibility index (Phi) is 4.41. The number of amides is 1. The summed E-state index contributed by atoms with van der Waals surface area (Å²) in [6.07, 6.45) is 5.08. The molecule has 0 atom stereocenters. The summed E-state index contributed by atoms with van der Waals surface area (Å²) >= 11 is 1.44. The maximum Gasteiger partial charge on any atom is 0.257 e. The van der Waals surface area contributed by atoms with Gasteiger partial charge in [-0.1, -0.05) is 48.5 Å². The molecule has 3 rings (SSSR count). The predicted octanol–water partition coefficient (Wildman–Crippen LogP) is 4.52. The highest BCUT2D eigenvalue weighted by molar-refractivity contribution is 7.13. The number of benzene rings is 2. The molecule has 0 aliphatic rings. The number of rotatable bonds is 4. The number of nitrogens with zero attached hydrogens (tertiary/aromatic N) is 2. The minimum absolute atomic E-state index is 0.120. The molecule has 0 radical (unpaired) electrons. The van der Waals surface area contributed by atoms with Crippen LogP contribution < -0.4 is 4.90 Å². The van der Waals surface area contributed by atoms with Gasteiger partial charge in [0.2, 0.25) is 0 Å². The summed E-state index contributed by atoms with van der Waals surface area (Å²) in [5.41, 5.74) is 1.79. The van der Waals surface area contributed by atoms with Gasteiger partial charge >= 0.3 is 0 Å². The second-order valence-corrected chi connectivity index (χ2v) is 5.44. The second-order valence-electron chi connectivity index (χ2n) is 4.57. The zero-order chi connectivity index (χ0) is 15.2. The Morgan fingerprint density at radius 2 is 1.68 bits per heavy atom. The average Bonchev–Trinajstić information content (AvgIpc) is 3.09. The van der Waals surface area contributed by atoms with E-state index in [2.05, 4.69) is 4.98 Å². The van der Waals surface area contributed by atoms with E-state index in [1.807, 2.05) is 72.1 Å². The molecule has 0 saturated heterocycles. The van der Waals surface area contributed by atoms with Crippen molar-refractivity contribution >= 4 is 34.1 Å². The van der Waals surface area contributed by atoms with Crippen LogP contribution in [-0.4, -0.2) is 10.9 Å². The first kappa shape index (κ1) is 14.2. The normalized spacial score (nSPS) is 10.7. The fraction of sp³-hybridized carbons (Fsp3) is 0. The van der Waals surface area contributed by atoms with E-state index in [0.717, 1.165) is 11.3 Å². The summed E-state index contributed by atoms with van der Waals surface area (Å²) in [7, 11) is 0. The summed E-state index contributed by atoms with van der Waals surface area (Å²) in [5.74, 6) is -0.120. The van der Waals surface area contributed by atoms with Crippen molar-refractivity contribution in [1.82, 2.24) is 4.98 Å². The number of para-hydroxylation sites is 1. The molecule has 0 saturated carbocycles. The van der Waals surface area contributed by atoms with E-state index in [1.54, 1.807) is 17.2 Å². The molecule has 2 aromatic carbocycles. The van der Waals surface area contributed by atoms with Crippen LogP contribution >= 0.6 is 11.3 Å². The van der Waals surface area contributed by atoms with E-state index in [-0.39, 0.29) is 5.91 Å². The van der Waals surface area contributed by atoms with Crippen molar-refractivity contribution in [2.75, 3.05) is 4.90 Å². The first-order valence-electron chi connectivity index (χ1n) is 6.86. The molecule has 0 unspecified atom stereocenters. The largest absolute Gasteiger partial charge is 0.269 e. The first-order valence-corrected chi connectivity index (χ1v) is 7.74. The van der Waals surface area contributed by atoms with E-state index in [4.69, 9.17) is 0 Å². The summed E-state index contributed by atoms with van der Waals surface area (Å²) < 4.78 is 0. The second kappa shape index (κ2) is 6.83. The van der Waals surface area contributed by atoms with Gasteiger partial charge in [0, 0.05) is 17.7 Å². The lowest BCUT2D eigenvalue weighted by atomic mass is 10.2. The van der Waals surface area contributed by atoms with Crippen LogP contribution in [0.2, 0.25) is 0 Å². The number of hydrogen-bond acceptors (Lipinski definition) is 3. The van der Waals surface area contributed by atoms with Gasteiger partial charge in [-0.15, -0.1) is 11.3 Å². The number of carbonyl (C=O) groups excluding carboxylic acids is 1. The van der Waals surface area contributed by atoms with Crippen molar-refractivity contribution in [2.24, 2.45) is 0 Å². The van der Waals surface area contributed by atoms with Gasteiger partial charge in [-0.3, -0.25) is 9.69 Å². The lowest BCUT2D eigenvalue weighted by Gasteiger charge is -2.18. The van der Waals surface area contributed by atoms with E-state index in [1.165, 1.54) is 11.3 Å². The van der Waals surface area contributed by atoms with Crippen LogP contribution in [0.5, 0.6) is 0 Å². The summed E-state index contributed by atoms with van der Waals surface area (Å²) in [6, 6.07) is 19.3. The molecule has 22 heavy (non-hydrogen) atoms. The molecule has 3 aromatic rings. The lowest BCUT2D eigenvalue weighted by Crippen LogP contribution is -2.23. The number of aromatic nitrogens is 1. The first-order chi connectivity index (χ1) is 10.8. The van der Waals surface area contributed by atoms with E-state index in [0.29, 0.717) is 5.13 Å². The minimum atomic E-state index is -0.120. The molecule has 3 nitrogen and oxygen atoms in total. The Balaban J connectivity index is 1.90. The molecule has 1 amide bonds. The van der Waals surface area contributed by atoms with Gasteiger partial charge in [0.05, 0.1) is 5.69 Å². The molecule has 0 spiro atoms. The predicted molar refractivity (Wildman–Crippen MR) is 91.2 cm³/mol. The van der Waals surface area contributed by atoms with Gasteiger partial charge in [0.25, 0.3) is 5.91 Å². The Labute approximate surface area is 133 Å². The van der Waals surface area contributed by atoms with Gasteiger partial charge in [0.15, 0.2) is 5.13 Å². The summed E-state index contributed by atoms with van der Waals surface area (Å²) in [4.78, 5) is 18.5. The number of thiazole rings is 1. The minimum Gasteiger partial charge on any atom is -0.269 e. The van der Waals surface area contributed by atoms with Crippen molar-refractivity contribution < 1.29 is 4.79 Å². The van der Waals surface area contributed by atoms with Crippen LogP contribution in [0.4, 0.5) is 10.8 Å². The van der Waals surface area contributed by atoms with Crippen LogP contribution in [0.3, 0.4) is 0 Å². The fourth-order valence-electron chi connectivity index (χ4n) is 2.04. The Hall–Kier alpha value is -2.72. The monoisotopic (exact) mass is 306 g/mol. The standard InChI is InChI=1S/C18H14N2OS/c21-17(12-11-15-7-3-1-4-8-15)20(18-19-13-14-22-18)16-9-5-2-6-10-16/h1-14H/b12-11+. The van der Waals surface area contributed by atoms with Gasteiger partial charge in [-0.2, -0.15) is 0 Å². The van der Waals surface area contributed by atoms with Crippen molar-refractivity contribution in [3.05, 3.63) is 83.9 Å². The quantitative estimate of drug-likeness (QED) is 0.664. The van der Waals surface area contributed by atoms with Crippen molar-refractivity contribution in [3.8, 4) is 0 Å². The van der Waals surface area contributed by atoms with E-state index in [9.17, 15) is 4.79 Å². The van der Waals surface area contributed by atoms with Gasteiger partial charge in [0.1, 0.15) is 0 Å². The van der Waals surface area contributed by atoms with Gasteiger partial charge < -0.3 is 0 Å². The molecule has 0 N–H and O–H groups in total. The summed E-state index contributed by atoms with van der Waals surface area (Å²) in [5, 5.41) is 2.52. The Morgan fingerprint density at radius 3 is 2.32 bits per heavy atom. The molecular weight excluding hydrogens is 292 g/mol. The maximum atomic E-state index is 12.6. The van der Waals surface area contributed by atoms with E-state index < -0.39 is 0 Å². The number of anilines is 2. The molecule has 0 bridgehead atoms. The maximum absolute atomic E-state index is 12.6. The third-order valence-corrected chi connectivity index (χ3v) is 3.82. The highest BCUT2D eigenvalue weighted by atomic mass is 32.1. The topological polar surface area (TPSA) is 33.2 Å².